The molecule has 1 aromatic heterocycles. The van der Waals surface area contributed by atoms with Crippen LogP contribution < -0.4 is 5.32 Å². The monoisotopic (exact) mass is 235 g/mol. The second-order valence-electron chi connectivity index (χ2n) is 4.62. The number of aromatic nitrogens is 2. The first-order valence-electron chi connectivity index (χ1n) is 6.35. The zero-order valence-electron chi connectivity index (χ0n) is 10.9. The van der Waals surface area contributed by atoms with Crippen molar-refractivity contribution >= 4 is 0 Å². The summed E-state index contributed by atoms with van der Waals surface area (Å²) in [5.41, 5.74) is 3.73. The average Bonchev–Trinajstić information content (AvgIpc) is 2.77. The third-order valence-corrected chi connectivity index (χ3v) is 3.18. The van der Waals surface area contributed by atoms with Crippen LogP contribution in [0.4, 0.5) is 0 Å². The highest BCUT2D eigenvalue weighted by molar-refractivity contribution is 5.29. The van der Waals surface area contributed by atoms with Gasteiger partial charge in [-0.3, -0.25) is 0 Å². The van der Waals surface area contributed by atoms with E-state index in [4.69, 9.17) is 9.72 Å². The van der Waals surface area contributed by atoms with E-state index >= 15 is 0 Å². The van der Waals surface area contributed by atoms with Crippen LogP contribution >= 0.6 is 0 Å². The van der Waals surface area contributed by atoms with Gasteiger partial charge < -0.3 is 10.1 Å². The molecule has 0 aromatic carbocycles. The number of rotatable bonds is 5. The molecule has 94 valence electrons. The fourth-order valence-electron chi connectivity index (χ4n) is 2.17. The first-order valence-corrected chi connectivity index (χ1v) is 6.35. The van der Waals surface area contributed by atoms with Crippen molar-refractivity contribution in [2.24, 2.45) is 0 Å². The van der Waals surface area contributed by atoms with Crippen molar-refractivity contribution in [3.8, 4) is 0 Å². The van der Waals surface area contributed by atoms with Crippen LogP contribution in [0.25, 0.3) is 0 Å². The number of nitrogens with one attached hydrogen (secondary N) is 1. The topological polar surface area (TPSA) is 47.0 Å². The summed E-state index contributed by atoms with van der Waals surface area (Å²) in [6.45, 7) is 6.04. The molecule has 0 spiro atoms. The number of methoxy groups -OCH3 is 1. The maximum absolute atomic E-state index is 5.28. The summed E-state index contributed by atoms with van der Waals surface area (Å²) in [5, 5.41) is 3.35. The van der Waals surface area contributed by atoms with E-state index < -0.39 is 0 Å². The molecule has 1 atom stereocenters. The summed E-state index contributed by atoms with van der Waals surface area (Å²) < 4.78 is 5.28. The Hall–Kier alpha value is -1.00. The van der Waals surface area contributed by atoms with Crippen LogP contribution in [-0.2, 0) is 30.7 Å². The maximum atomic E-state index is 5.28. The molecule has 0 aliphatic carbocycles. The predicted octanol–water partition coefficient (Wildman–Crippen LogP) is 1.61. The van der Waals surface area contributed by atoms with Crippen LogP contribution in [0.5, 0.6) is 0 Å². The zero-order chi connectivity index (χ0) is 12.3. The third-order valence-electron chi connectivity index (χ3n) is 3.18. The molecule has 2 rings (SSSR count). The van der Waals surface area contributed by atoms with Gasteiger partial charge in [-0.05, 0) is 13.3 Å². The van der Waals surface area contributed by atoms with E-state index in [9.17, 15) is 0 Å². The molecule has 1 unspecified atom stereocenters. The molecule has 1 aliphatic rings. The largest absolute Gasteiger partial charge is 0.381 e. The predicted molar refractivity (Wildman–Crippen MR) is 66.7 cm³/mol. The van der Waals surface area contributed by atoms with Gasteiger partial charge in [0.1, 0.15) is 5.82 Å². The van der Waals surface area contributed by atoms with Crippen LogP contribution in [0, 0.1) is 0 Å². The Kier molecular flexibility index (Phi) is 4.07. The lowest BCUT2D eigenvalue weighted by molar-refractivity contribution is 0.117. The molecule has 1 aliphatic heterocycles. The highest BCUT2D eigenvalue weighted by atomic mass is 16.5. The quantitative estimate of drug-likeness (QED) is 0.842. The molecule has 0 saturated heterocycles. The Labute approximate surface area is 103 Å². The Morgan fingerprint density at radius 3 is 2.88 bits per heavy atom. The second kappa shape index (κ2) is 5.56. The maximum Gasteiger partial charge on any atom is 0.131 e. The minimum atomic E-state index is 0.178. The summed E-state index contributed by atoms with van der Waals surface area (Å²) in [6, 6.07) is 0. The lowest BCUT2D eigenvalue weighted by atomic mass is 10.1. The average molecular weight is 235 g/mol. The smallest absolute Gasteiger partial charge is 0.131 e. The zero-order valence-corrected chi connectivity index (χ0v) is 10.9. The van der Waals surface area contributed by atoms with Gasteiger partial charge >= 0.3 is 0 Å². The molecule has 0 radical (unpaired) electrons. The molecule has 4 nitrogen and oxygen atoms in total. The Balaban J connectivity index is 2.26. The highest BCUT2D eigenvalue weighted by Crippen LogP contribution is 2.19. The van der Waals surface area contributed by atoms with Crippen molar-refractivity contribution in [1.82, 2.24) is 15.3 Å². The molecule has 0 amide bonds. The van der Waals surface area contributed by atoms with Gasteiger partial charge in [-0.25, -0.2) is 9.97 Å². The number of nitrogens with zero attached hydrogens (tertiary/aromatic N) is 2. The van der Waals surface area contributed by atoms with Crippen LogP contribution in [0.15, 0.2) is 0 Å². The number of fused-ring (bicyclic) bond motifs is 1. The lowest BCUT2D eigenvalue weighted by Crippen LogP contribution is -2.14. The molecule has 2 heterocycles. The molecule has 0 fully saturated rings. The summed E-state index contributed by atoms with van der Waals surface area (Å²) >= 11 is 0. The van der Waals surface area contributed by atoms with Crippen LogP contribution in [0.3, 0.4) is 0 Å². The van der Waals surface area contributed by atoms with Crippen molar-refractivity contribution < 1.29 is 4.74 Å². The van der Waals surface area contributed by atoms with Gasteiger partial charge in [0.15, 0.2) is 0 Å². The highest BCUT2D eigenvalue weighted by Gasteiger charge is 2.18. The van der Waals surface area contributed by atoms with E-state index in [1.54, 1.807) is 7.11 Å². The van der Waals surface area contributed by atoms with E-state index in [2.05, 4.69) is 17.2 Å². The van der Waals surface area contributed by atoms with Gasteiger partial charge in [-0.1, -0.05) is 13.3 Å². The fourth-order valence-corrected chi connectivity index (χ4v) is 2.17. The molecule has 1 N–H and O–H groups in total. The standard InChI is InChI=1S/C13H21N3O/c1-4-5-11-10-7-14-8-12(10)16-13(15-11)6-9(2)17-3/h9,14H,4-8H2,1-3H3. The summed E-state index contributed by atoms with van der Waals surface area (Å²) in [6.07, 6.45) is 3.14. The van der Waals surface area contributed by atoms with E-state index in [1.165, 1.54) is 17.0 Å². The van der Waals surface area contributed by atoms with E-state index in [1.807, 2.05) is 6.92 Å². The van der Waals surface area contributed by atoms with Crippen molar-refractivity contribution in [3.63, 3.8) is 0 Å². The fraction of sp³-hybridized carbons (Fsp3) is 0.692. The van der Waals surface area contributed by atoms with Crippen molar-refractivity contribution in [3.05, 3.63) is 22.8 Å². The first-order chi connectivity index (χ1) is 8.24. The van der Waals surface area contributed by atoms with Crippen molar-refractivity contribution in [1.29, 1.82) is 0 Å². The van der Waals surface area contributed by atoms with Crippen LogP contribution in [0.2, 0.25) is 0 Å². The third kappa shape index (κ3) is 2.82. The number of aryl methyl sites for hydroxylation is 1. The summed E-state index contributed by atoms with van der Waals surface area (Å²) in [7, 11) is 1.73. The second-order valence-corrected chi connectivity index (χ2v) is 4.62. The minimum Gasteiger partial charge on any atom is -0.381 e. The summed E-state index contributed by atoms with van der Waals surface area (Å²) in [5.74, 6) is 0.922. The molecule has 17 heavy (non-hydrogen) atoms. The normalized spacial score (nSPS) is 15.9. The van der Waals surface area contributed by atoms with Gasteiger partial charge in [0.25, 0.3) is 0 Å². The van der Waals surface area contributed by atoms with E-state index in [-0.39, 0.29) is 6.10 Å². The number of hydrogen-bond donors (Lipinski definition) is 1. The van der Waals surface area contributed by atoms with Crippen molar-refractivity contribution in [2.45, 2.75) is 52.3 Å². The number of ether oxygens (including phenoxy) is 1. The Bertz CT molecular complexity index is 392. The molecule has 4 heteroatoms. The Morgan fingerprint density at radius 2 is 2.18 bits per heavy atom. The molecular formula is C13H21N3O. The van der Waals surface area contributed by atoms with Gasteiger partial charge in [0.2, 0.25) is 0 Å². The van der Waals surface area contributed by atoms with Gasteiger partial charge in [0.05, 0.1) is 11.8 Å². The van der Waals surface area contributed by atoms with Crippen molar-refractivity contribution in [2.75, 3.05) is 7.11 Å². The SMILES string of the molecule is CCCc1nc(CC(C)OC)nc2c1CNC2. The number of hydrogen-bond acceptors (Lipinski definition) is 4. The first kappa shape index (κ1) is 12.5. The molecular weight excluding hydrogens is 214 g/mol. The van der Waals surface area contributed by atoms with E-state index in [0.717, 1.165) is 38.2 Å². The summed E-state index contributed by atoms with van der Waals surface area (Å²) in [4.78, 5) is 9.32. The molecule has 0 bridgehead atoms. The van der Waals surface area contributed by atoms with Gasteiger partial charge in [0, 0.05) is 37.9 Å². The molecule has 0 saturated carbocycles. The minimum absolute atomic E-state index is 0.178. The van der Waals surface area contributed by atoms with Crippen LogP contribution in [-0.4, -0.2) is 23.2 Å². The van der Waals surface area contributed by atoms with Gasteiger partial charge in [-0.15, -0.1) is 0 Å². The van der Waals surface area contributed by atoms with E-state index in [0.29, 0.717) is 0 Å². The van der Waals surface area contributed by atoms with Gasteiger partial charge in [-0.2, -0.15) is 0 Å². The lowest BCUT2D eigenvalue weighted by Gasteiger charge is -2.11. The van der Waals surface area contributed by atoms with Crippen LogP contribution in [0.1, 0.15) is 43.0 Å². The Morgan fingerprint density at radius 1 is 1.35 bits per heavy atom. The molecule has 1 aromatic rings.